The van der Waals surface area contributed by atoms with E-state index in [1.54, 1.807) is 29.5 Å². The molecule has 0 atom stereocenters. The number of aromatic nitrogens is 3. The molecule has 3 aromatic rings. The highest BCUT2D eigenvalue weighted by molar-refractivity contribution is 7.99. The van der Waals surface area contributed by atoms with Crippen molar-refractivity contribution in [3.8, 4) is 0 Å². The fourth-order valence-electron chi connectivity index (χ4n) is 2.21. The predicted molar refractivity (Wildman–Crippen MR) is 97.1 cm³/mol. The highest BCUT2D eigenvalue weighted by atomic mass is 32.2. The standard InChI is InChI=1S/C17H17FN4OS2/c1-22-15(9-13-6-4-8-24-13)20-21-17(22)25-11-16(23)19-10-12-5-2-3-7-14(12)18/h2-8H,9-11H2,1H3,(H,19,23). The van der Waals surface area contributed by atoms with Crippen LogP contribution in [0.2, 0.25) is 0 Å². The lowest BCUT2D eigenvalue weighted by Crippen LogP contribution is -2.25. The van der Waals surface area contributed by atoms with Crippen LogP contribution in [0.1, 0.15) is 16.3 Å². The third-order valence-corrected chi connectivity index (χ3v) is 5.50. The number of hydrogen-bond donors (Lipinski definition) is 1. The second-order valence-corrected chi connectivity index (χ2v) is 7.35. The van der Waals surface area contributed by atoms with Gasteiger partial charge in [-0.2, -0.15) is 0 Å². The van der Waals surface area contributed by atoms with Gasteiger partial charge in [-0.3, -0.25) is 4.79 Å². The summed E-state index contributed by atoms with van der Waals surface area (Å²) in [4.78, 5) is 13.2. The van der Waals surface area contributed by atoms with E-state index in [9.17, 15) is 9.18 Å². The average Bonchev–Trinajstić information content (AvgIpc) is 3.24. The van der Waals surface area contributed by atoms with Crippen molar-refractivity contribution in [2.45, 2.75) is 18.1 Å². The van der Waals surface area contributed by atoms with Crippen molar-refractivity contribution in [3.63, 3.8) is 0 Å². The zero-order valence-corrected chi connectivity index (χ0v) is 15.2. The summed E-state index contributed by atoms with van der Waals surface area (Å²) < 4.78 is 15.4. The fourth-order valence-corrected chi connectivity index (χ4v) is 3.67. The fraction of sp³-hybridized carbons (Fsp3) is 0.235. The first-order chi connectivity index (χ1) is 12.1. The minimum Gasteiger partial charge on any atom is -0.351 e. The first-order valence-electron chi connectivity index (χ1n) is 7.67. The summed E-state index contributed by atoms with van der Waals surface area (Å²) in [5.74, 6) is 0.578. The van der Waals surface area contributed by atoms with Crippen molar-refractivity contribution in [3.05, 3.63) is 63.9 Å². The Morgan fingerprint density at radius 1 is 1.28 bits per heavy atom. The zero-order chi connectivity index (χ0) is 17.6. The second-order valence-electron chi connectivity index (χ2n) is 5.37. The number of nitrogens with one attached hydrogen (secondary N) is 1. The molecule has 130 valence electrons. The van der Waals surface area contributed by atoms with E-state index in [1.165, 1.54) is 22.7 Å². The molecule has 0 aliphatic carbocycles. The number of hydrogen-bond acceptors (Lipinski definition) is 5. The van der Waals surface area contributed by atoms with Crippen LogP contribution in [0.25, 0.3) is 0 Å². The molecule has 3 rings (SSSR count). The normalized spacial score (nSPS) is 10.8. The Labute approximate surface area is 153 Å². The molecule has 0 saturated heterocycles. The third kappa shape index (κ3) is 4.67. The van der Waals surface area contributed by atoms with Crippen LogP contribution in [0.5, 0.6) is 0 Å². The summed E-state index contributed by atoms with van der Waals surface area (Å²) in [6.45, 7) is 0.175. The molecule has 0 unspecified atom stereocenters. The van der Waals surface area contributed by atoms with Gasteiger partial charge in [-0.05, 0) is 17.5 Å². The number of carbonyl (C=O) groups is 1. The van der Waals surface area contributed by atoms with E-state index in [0.29, 0.717) is 10.7 Å². The van der Waals surface area contributed by atoms with Gasteiger partial charge in [-0.15, -0.1) is 21.5 Å². The van der Waals surface area contributed by atoms with Crippen molar-refractivity contribution in [1.82, 2.24) is 20.1 Å². The maximum Gasteiger partial charge on any atom is 0.230 e. The molecule has 0 fully saturated rings. The Morgan fingerprint density at radius 3 is 2.88 bits per heavy atom. The van der Waals surface area contributed by atoms with Crippen LogP contribution in [0.4, 0.5) is 4.39 Å². The van der Waals surface area contributed by atoms with Gasteiger partial charge in [-0.1, -0.05) is 36.0 Å². The number of rotatable bonds is 7. The van der Waals surface area contributed by atoms with E-state index in [1.807, 2.05) is 23.1 Å². The van der Waals surface area contributed by atoms with Crippen molar-refractivity contribution >= 4 is 29.0 Å². The highest BCUT2D eigenvalue weighted by Gasteiger charge is 2.12. The van der Waals surface area contributed by atoms with Gasteiger partial charge in [0.25, 0.3) is 0 Å². The van der Waals surface area contributed by atoms with Gasteiger partial charge in [-0.25, -0.2) is 4.39 Å². The van der Waals surface area contributed by atoms with E-state index in [0.717, 1.165) is 12.2 Å². The summed E-state index contributed by atoms with van der Waals surface area (Å²) in [6.07, 6.45) is 0.723. The Hall–Kier alpha value is -2.19. The molecule has 1 aromatic carbocycles. The van der Waals surface area contributed by atoms with Crippen molar-refractivity contribution in [1.29, 1.82) is 0 Å². The van der Waals surface area contributed by atoms with Gasteiger partial charge in [0.2, 0.25) is 5.91 Å². The monoisotopic (exact) mass is 376 g/mol. The number of amides is 1. The van der Waals surface area contributed by atoms with E-state index in [-0.39, 0.29) is 24.0 Å². The van der Waals surface area contributed by atoms with Gasteiger partial charge < -0.3 is 9.88 Å². The van der Waals surface area contributed by atoms with Crippen molar-refractivity contribution in [2.75, 3.05) is 5.75 Å². The number of nitrogens with zero attached hydrogens (tertiary/aromatic N) is 3. The van der Waals surface area contributed by atoms with Crippen molar-refractivity contribution in [2.24, 2.45) is 7.05 Å². The summed E-state index contributed by atoms with van der Waals surface area (Å²) in [7, 11) is 1.89. The van der Waals surface area contributed by atoms with Gasteiger partial charge >= 0.3 is 0 Å². The topological polar surface area (TPSA) is 59.8 Å². The van der Waals surface area contributed by atoms with Gasteiger partial charge in [0.1, 0.15) is 11.6 Å². The Morgan fingerprint density at radius 2 is 2.12 bits per heavy atom. The van der Waals surface area contributed by atoms with Crippen LogP contribution in [0, 0.1) is 5.82 Å². The lowest BCUT2D eigenvalue weighted by Gasteiger charge is -2.06. The lowest BCUT2D eigenvalue weighted by atomic mass is 10.2. The maximum atomic E-state index is 13.5. The summed E-state index contributed by atoms with van der Waals surface area (Å²) in [5, 5.41) is 13.8. The molecule has 0 saturated carbocycles. The maximum absolute atomic E-state index is 13.5. The molecular formula is C17H17FN4OS2. The minimum atomic E-state index is -0.318. The molecule has 5 nitrogen and oxygen atoms in total. The molecule has 0 aliphatic heterocycles. The number of thiophene rings is 1. The Bertz CT molecular complexity index is 848. The smallest absolute Gasteiger partial charge is 0.230 e. The number of benzene rings is 1. The van der Waals surface area contributed by atoms with Crippen LogP contribution >= 0.6 is 23.1 Å². The van der Waals surface area contributed by atoms with Crippen LogP contribution in [0.15, 0.2) is 46.9 Å². The summed E-state index contributed by atoms with van der Waals surface area (Å²) in [6, 6.07) is 10.5. The molecule has 1 amide bonds. The number of thioether (sulfide) groups is 1. The molecule has 0 bridgehead atoms. The van der Waals surface area contributed by atoms with Gasteiger partial charge in [0.05, 0.1) is 5.75 Å². The zero-order valence-electron chi connectivity index (χ0n) is 13.6. The van der Waals surface area contributed by atoms with Crippen LogP contribution in [-0.2, 0) is 24.8 Å². The largest absolute Gasteiger partial charge is 0.351 e. The molecule has 0 radical (unpaired) electrons. The van der Waals surface area contributed by atoms with Crippen LogP contribution < -0.4 is 5.32 Å². The first kappa shape index (κ1) is 17.6. The van der Waals surface area contributed by atoms with Gasteiger partial charge in [0.15, 0.2) is 5.16 Å². The summed E-state index contributed by atoms with van der Waals surface area (Å²) in [5.41, 5.74) is 0.470. The van der Waals surface area contributed by atoms with E-state index < -0.39 is 0 Å². The van der Waals surface area contributed by atoms with Crippen molar-refractivity contribution < 1.29 is 9.18 Å². The quantitative estimate of drug-likeness (QED) is 0.644. The number of halogens is 1. The SMILES string of the molecule is Cn1c(Cc2cccs2)nnc1SCC(=O)NCc1ccccc1F. The Balaban J connectivity index is 1.50. The lowest BCUT2D eigenvalue weighted by molar-refractivity contribution is -0.118. The van der Waals surface area contributed by atoms with E-state index in [2.05, 4.69) is 21.6 Å². The van der Waals surface area contributed by atoms with Crippen LogP contribution in [-0.4, -0.2) is 26.4 Å². The molecule has 0 spiro atoms. The third-order valence-electron chi connectivity index (χ3n) is 3.60. The van der Waals surface area contributed by atoms with E-state index in [4.69, 9.17) is 0 Å². The van der Waals surface area contributed by atoms with Crippen LogP contribution in [0.3, 0.4) is 0 Å². The second kappa shape index (κ2) is 8.26. The molecule has 8 heteroatoms. The summed E-state index contributed by atoms with van der Waals surface area (Å²) >= 11 is 2.99. The molecule has 2 heterocycles. The first-order valence-corrected chi connectivity index (χ1v) is 9.53. The molecular weight excluding hydrogens is 359 g/mol. The van der Waals surface area contributed by atoms with Gasteiger partial charge in [0, 0.05) is 30.5 Å². The molecule has 0 aliphatic rings. The molecule has 25 heavy (non-hydrogen) atoms. The minimum absolute atomic E-state index is 0.170. The molecule has 1 N–H and O–H groups in total. The Kier molecular flexibility index (Phi) is 5.83. The average molecular weight is 376 g/mol. The molecule has 2 aromatic heterocycles. The number of carbonyl (C=O) groups excluding carboxylic acids is 1. The van der Waals surface area contributed by atoms with E-state index >= 15 is 0 Å². The predicted octanol–water partition coefficient (Wildman–Crippen LogP) is 3.02. The highest BCUT2D eigenvalue weighted by Crippen LogP contribution is 2.19.